The summed E-state index contributed by atoms with van der Waals surface area (Å²) in [6.45, 7) is 0. The molecule has 0 aromatic heterocycles. The fourth-order valence-electron chi connectivity index (χ4n) is 0. The van der Waals surface area contributed by atoms with Crippen molar-refractivity contribution < 1.29 is 29.5 Å². The van der Waals surface area contributed by atoms with Gasteiger partial charge in [-0.2, -0.15) is 0 Å². The summed E-state index contributed by atoms with van der Waals surface area (Å²) in [4.78, 5) is 0. The van der Waals surface area contributed by atoms with Gasteiger partial charge in [0.1, 0.15) is 0 Å². The van der Waals surface area contributed by atoms with Crippen molar-refractivity contribution in [1.82, 2.24) is 0 Å². The summed E-state index contributed by atoms with van der Waals surface area (Å²) in [7, 11) is 0. The third-order valence-electron chi connectivity index (χ3n) is 0. The molecule has 4 nitrogen and oxygen atoms in total. The predicted octanol–water partition coefficient (Wildman–Crippen LogP) is -3.53. The van der Waals surface area contributed by atoms with Crippen molar-refractivity contribution in [3.05, 3.63) is 0 Å². The summed E-state index contributed by atoms with van der Waals surface area (Å²) in [5, 5.41) is 0. The zero-order valence-corrected chi connectivity index (χ0v) is 8.06. The molecule has 0 spiro atoms. The van der Waals surface area contributed by atoms with E-state index >= 15 is 0 Å². The van der Waals surface area contributed by atoms with Crippen LogP contribution in [0.5, 0.6) is 0 Å². The summed E-state index contributed by atoms with van der Waals surface area (Å²) >= 11 is -5.75. The van der Waals surface area contributed by atoms with Crippen LogP contribution in [0.15, 0.2) is 0 Å². The molecule has 0 N–H and O–H groups in total. The summed E-state index contributed by atoms with van der Waals surface area (Å²) < 4.78 is 34.4. The minimum atomic E-state index is -5.75. The summed E-state index contributed by atoms with van der Waals surface area (Å²) in [5.41, 5.74) is 0. The molecule has 0 aliphatic rings. The monoisotopic (exact) mass is 238 g/mol. The fourth-order valence-corrected chi connectivity index (χ4v) is 0. The average molecular weight is 237 g/mol. The Balaban J connectivity index is 0. The van der Waals surface area contributed by atoms with Crippen LogP contribution in [0.2, 0.25) is 0 Å². The fraction of sp³-hybridized carbons (Fsp3) is 0. The third kappa shape index (κ3) is 99.3. The summed E-state index contributed by atoms with van der Waals surface area (Å²) in [5.74, 6) is 0. The van der Waals surface area contributed by atoms with Gasteiger partial charge >= 0.3 is 53.4 Å². The maximum absolute atomic E-state index is 8.59. The van der Waals surface area contributed by atoms with Gasteiger partial charge < -0.3 is 0 Å². The van der Waals surface area contributed by atoms with E-state index in [0.29, 0.717) is 0 Å². The van der Waals surface area contributed by atoms with E-state index in [4.69, 9.17) is 15.9 Å². The van der Waals surface area contributed by atoms with Gasteiger partial charge in [0.25, 0.3) is 0 Å². The van der Waals surface area contributed by atoms with Gasteiger partial charge in [0.2, 0.25) is 0 Å². The second-order valence-corrected chi connectivity index (χ2v) is 1.68. The van der Waals surface area contributed by atoms with Crippen LogP contribution in [-0.2, 0) is 21.2 Å². The molecule has 0 bridgehead atoms. The number of hydrogen-bond donors (Lipinski definition) is 0. The molecule has 6 heavy (non-hydrogen) atoms. The molecule has 36 valence electrons. The Morgan fingerprint density at radius 3 is 1.17 bits per heavy atom. The van der Waals surface area contributed by atoms with Gasteiger partial charge in [-0.25, -0.2) is 0 Å². The molecule has 0 heterocycles. The average Bonchev–Trinajstić information content (AvgIpc) is 0.722. The van der Waals surface area contributed by atoms with E-state index in [1.165, 1.54) is 0 Å². The van der Waals surface area contributed by atoms with E-state index in [1.807, 2.05) is 0 Å². The standard InChI is InChI=1S/Cr.4O.Sn.2H/q;;;2*-1;+2;;. The molecule has 0 aliphatic heterocycles. The van der Waals surface area contributed by atoms with Crippen molar-refractivity contribution in [3.63, 3.8) is 0 Å². The van der Waals surface area contributed by atoms with Gasteiger partial charge in [-0.1, -0.05) is 0 Å². The van der Waals surface area contributed by atoms with E-state index in [2.05, 4.69) is 0 Å². The molecule has 0 amide bonds. The first-order valence-electron chi connectivity index (χ1n) is 0.667. The van der Waals surface area contributed by atoms with Crippen LogP contribution in [0.25, 0.3) is 0 Å². The Morgan fingerprint density at radius 2 is 1.17 bits per heavy atom. The van der Waals surface area contributed by atoms with Crippen LogP contribution >= 0.6 is 0 Å². The first kappa shape index (κ1) is 9.97. The quantitative estimate of drug-likeness (QED) is 0.408. The second-order valence-electron chi connectivity index (χ2n) is 0.408. The summed E-state index contributed by atoms with van der Waals surface area (Å²) in [6.07, 6.45) is 0. The molecule has 0 atom stereocenters. The molecule has 0 fully saturated rings. The molecule has 6 heteroatoms. The van der Waals surface area contributed by atoms with E-state index in [1.54, 1.807) is 0 Å². The van der Waals surface area contributed by atoms with Gasteiger partial charge in [-0.3, -0.25) is 0 Å². The van der Waals surface area contributed by atoms with Crippen LogP contribution in [0.4, 0.5) is 0 Å². The Hall–Kier alpha value is 0.851. The van der Waals surface area contributed by atoms with Crippen LogP contribution in [0.1, 0.15) is 0 Å². The van der Waals surface area contributed by atoms with Crippen LogP contribution in [0.3, 0.4) is 0 Å². The Labute approximate surface area is 53.5 Å². The van der Waals surface area contributed by atoms with E-state index < -0.39 is 13.6 Å². The summed E-state index contributed by atoms with van der Waals surface area (Å²) in [6, 6.07) is 0. The molecular formula is H2CrO4Sn. The van der Waals surface area contributed by atoms with Crippen LogP contribution < -0.4 is 8.32 Å². The van der Waals surface area contributed by atoms with Crippen LogP contribution in [-0.4, -0.2) is 23.9 Å². The number of hydrogen-bond acceptors (Lipinski definition) is 4. The van der Waals surface area contributed by atoms with E-state index in [-0.39, 0.29) is 23.9 Å². The Bertz CT molecular complexity index is 90.7. The van der Waals surface area contributed by atoms with Gasteiger partial charge in [0.05, 0.1) is 0 Å². The minimum absolute atomic E-state index is 0. The number of rotatable bonds is 0. The van der Waals surface area contributed by atoms with Crippen molar-refractivity contribution in [3.8, 4) is 0 Å². The molecule has 0 saturated carbocycles. The third-order valence-corrected chi connectivity index (χ3v) is 0. The van der Waals surface area contributed by atoms with Crippen molar-refractivity contribution >= 4 is 23.9 Å². The molecule has 0 aliphatic carbocycles. The van der Waals surface area contributed by atoms with Gasteiger partial charge in [-0.05, 0) is 0 Å². The Kier molecular flexibility index (Phi) is 4.87. The molecule has 0 aromatic carbocycles. The van der Waals surface area contributed by atoms with Crippen molar-refractivity contribution in [2.24, 2.45) is 0 Å². The van der Waals surface area contributed by atoms with Gasteiger partial charge in [-0.15, -0.1) is 0 Å². The molecular weight excluding hydrogens is 235 g/mol. The molecule has 0 aromatic rings. The molecule has 0 unspecified atom stereocenters. The van der Waals surface area contributed by atoms with Crippen molar-refractivity contribution in [1.29, 1.82) is 0 Å². The van der Waals surface area contributed by atoms with Crippen molar-refractivity contribution in [2.45, 2.75) is 0 Å². The zero-order valence-electron chi connectivity index (χ0n) is 2.75. The van der Waals surface area contributed by atoms with E-state index in [0.717, 1.165) is 0 Å². The SMILES string of the molecule is [O]=[Cr](=[O])([O-])[O-].[SnH2+2]. The molecule has 0 radical (unpaired) electrons. The van der Waals surface area contributed by atoms with Crippen molar-refractivity contribution in [2.75, 3.05) is 0 Å². The zero-order chi connectivity index (χ0) is 4.50. The predicted molar refractivity (Wildman–Crippen MR) is 9.92 cm³/mol. The normalized spacial score (nSPS) is 9.67. The Morgan fingerprint density at radius 1 is 1.17 bits per heavy atom. The van der Waals surface area contributed by atoms with Gasteiger partial charge in [0.15, 0.2) is 0 Å². The first-order valence-corrected chi connectivity index (χ1v) is 2.75. The first-order chi connectivity index (χ1) is 2.00. The molecule has 0 saturated heterocycles. The second kappa shape index (κ2) is 2.93. The van der Waals surface area contributed by atoms with Crippen LogP contribution in [0, 0.1) is 0 Å². The van der Waals surface area contributed by atoms with E-state index in [9.17, 15) is 0 Å². The maximum atomic E-state index is 8.59. The topological polar surface area (TPSA) is 80.3 Å². The van der Waals surface area contributed by atoms with Gasteiger partial charge in [0, 0.05) is 0 Å². The molecule has 0 rings (SSSR count).